The highest BCUT2D eigenvalue weighted by atomic mass is 16.5. The molecule has 4 heteroatoms. The van der Waals surface area contributed by atoms with E-state index in [4.69, 9.17) is 9.84 Å². The molecule has 0 aliphatic rings. The highest BCUT2D eigenvalue weighted by Gasteiger charge is 2.10. The molecule has 1 aromatic carbocycles. The summed E-state index contributed by atoms with van der Waals surface area (Å²) in [6, 6.07) is 8.71. The second kappa shape index (κ2) is 4.87. The minimum Gasteiger partial charge on any atom is -0.496 e. The number of aromatic carboxylic acids is 1. The molecule has 0 unspecified atom stereocenters. The van der Waals surface area contributed by atoms with Crippen LogP contribution in [0.4, 0.5) is 0 Å². The normalized spacial score (nSPS) is 10.1. The molecule has 2 rings (SSSR count). The highest BCUT2D eigenvalue weighted by molar-refractivity contribution is 5.89. The first kappa shape index (κ1) is 12.1. The molecule has 0 radical (unpaired) electrons. The van der Waals surface area contributed by atoms with Crippen LogP contribution < -0.4 is 4.74 Å². The Morgan fingerprint density at radius 1 is 1.28 bits per heavy atom. The average molecular weight is 243 g/mol. The lowest BCUT2D eigenvalue weighted by atomic mass is 10.1. The SMILES string of the molecule is COc1ccc(C)cc1-c1cc(C(=O)O)ccn1. The van der Waals surface area contributed by atoms with E-state index in [9.17, 15) is 4.79 Å². The maximum Gasteiger partial charge on any atom is 0.335 e. The largest absolute Gasteiger partial charge is 0.496 e. The van der Waals surface area contributed by atoms with Gasteiger partial charge < -0.3 is 9.84 Å². The smallest absolute Gasteiger partial charge is 0.335 e. The molecule has 1 aromatic heterocycles. The lowest BCUT2D eigenvalue weighted by molar-refractivity contribution is 0.0697. The Morgan fingerprint density at radius 3 is 2.72 bits per heavy atom. The van der Waals surface area contributed by atoms with Gasteiger partial charge in [0.05, 0.1) is 18.4 Å². The Morgan fingerprint density at radius 2 is 2.06 bits per heavy atom. The van der Waals surface area contributed by atoms with E-state index in [2.05, 4.69) is 4.98 Å². The standard InChI is InChI=1S/C14H13NO3/c1-9-3-4-13(18-2)11(7-9)12-8-10(14(16)17)5-6-15-12/h3-8H,1-2H3,(H,16,17). The molecule has 0 aliphatic heterocycles. The van der Waals surface area contributed by atoms with E-state index >= 15 is 0 Å². The van der Waals surface area contributed by atoms with Gasteiger partial charge in [0.25, 0.3) is 0 Å². The number of rotatable bonds is 3. The third-order valence-corrected chi connectivity index (χ3v) is 2.64. The summed E-state index contributed by atoms with van der Waals surface area (Å²) in [7, 11) is 1.58. The van der Waals surface area contributed by atoms with Crippen LogP contribution in [0.2, 0.25) is 0 Å². The van der Waals surface area contributed by atoms with Crippen molar-refractivity contribution >= 4 is 5.97 Å². The average Bonchev–Trinajstić information content (AvgIpc) is 2.39. The first-order chi connectivity index (χ1) is 8.61. The summed E-state index contributed by atoms with van der Waals surface area (Å²) >= 11 is 0. The molecule has 0 bridgehead atoms. The summed E-state index contributed by atoms with van der Waals surface area (Å²) in [6.07, 6.45) is 1.49. The van der Waals surface area contributed by atoms with Crippen LogP contribution in [-0.2, 0) is 0 Å². The summed E-state index contributed by atoms with van der Waals surface area (Å²) < 4.78 is 5.27. The number of pyridine rings is 1. The van der Waals surface area contributed by atoms with Crippen molar-refractivity contribution < 1.29 is 14.6 Å². The molecule has 92 valence electrons. The molecular formula is C14H13NO3. The van der Waals surface area contributed by atoms with Crippen LogP contribution in [0.1, 0.15) is 15.9 Å². The number of carbonyl (C=O) groups is 1. The molecule has 1 heterocycles. The molecule has 0 saturated heterocycles. The van der Waals surface area contributed by atoms with Crippen molar-refractivity contribution in [3.8, 4) is 17.0 Å². The van der Waals surface area contributed by atoms with Gasteiger partial charge in [0.2, 0.25) is 0 Å². The van der Waals surface area contributed by atoms with Crippen LogP contribution in [-0.4, -0.2) is 23.2 Å². The summed E-state index contributed by atoms with van der Waals surface area (Å²) in [6.45, 7) is 1.96. The summed E-state index contributed by atoms with van der Waals surface area (Å²) in [5.41, 5.74) is 2.66. The number of hydrogen-bond acceptors (Lipinski definition) is 3. The van der Waals surface area contributed by atoms with Crippen LogP contribution in [0.15, 0.2) is 36.5 Å². The predicted octanol–water partition coefficient (Wildman–Crippen LogP) is 2.76. The van der Waals surface area contributed by atoms with Gasteiger partial charge in [0, 0.05) is 11.8 Å². The zero-order chi connectivity index (χ0) is 13.1. The second-order valence-corrected chi connectivity index (χ2v) is 3.94. The molecular weight excluding hydrogens is 230 g/mol. The van der Waals surface area contributed by atoms with E-state index in [1.807, 2.05) is 25.1 Å². The summed E-state index contributed by atoms with van der Waals surface area (Å²) in [5, 5.41) is 8.98. The molecule has 0 saturated carbocycles. The number of nitrogens with zero attached hydrogens (tertiary/aromatic N) is 1. The van der Waals surface area contributed by atoms with Gasteiger partial charge in [-0.3, -0.25) is 4.98 Å². The Bertz CT molecular complexity index is 593. The second-order valence-electron chi connectivity index (χ2n) is 3.94. The van der Waals surface area contributed by atoms with Gasteiger partial charge in [0.1, 0.15) is 5.75 Å². The van der Waals surface area contributed by atoms with E-state index in [-0.39, 0.29) is 5.56 Å². The maximum atomic E-state index is 10.9. The number of aryl methyl sites for hydroxylation is 1. The third kappa shape index (κ3) is 2.32. The van der Waals surface area contributed by atoms with E-state index in [1.54, 1.807) is 13.2 Å². The quantitative estimate of drug-likeness (QED) is 0.900. The van der Waals surface area contributed by atoms with E-state index in [0.717, 1.165) is 11.1 Å². The van der Waals surface area contributed by atoms with Gasteiger partial charge in [0.15, 0.2) is 0 Å². The van der Waals surface area contributed by atoms with E-state index in [0.29, 0.717) is 11.4 Å². The molecule has 0 atom stereocenters. The van der Waals surface area contributed by atoms with Crippen molar-refractivity contribution in [1.82, 2.24) is 4.98 Å². The molecule has 1 N–H and O–H groups in total. The molecule has 0 amide bonds. The Balaban J connectivity index is 2.57. The fourth-order valence-corrected chi connectivity index (χ4v) is 1.73. The number of carboxylic acids is 1. The predicted molar refractivity (Wildman–Crippen MR) is 67.9 cm³/mol. The molecule has 18 heavy (non-hydrogen) atoms. The first-order valence-corrected chi connectivity index (χ1v) is 5.46. The van der Waals surface area contributed by atoms with Crippen molar-refractivity contribution in [2.45, 2.75) is 6.92 Å². The van der Waals surface area contributed by atoms with Crippen molar-refractivity contribution in [1.29, 1.82) is 0 Å². The minimum absolute atomic E-state index is 0.212. The third-order valence-electron chi connectivity index (χ3n) is 2.64. The van der Waals surface area contributed by atoms with Crippen LogP contribution >= 0.6 is 0 Å². The number of ether oxygens (including phenoxy) is 1. The lowest BCUT2D eigenvalue weighted by Gasteiger charge is -2.09. The monoisotopic (exact) mass is 243 g/mol. The summed E-state index contributed by atoms with van der Waals surface area (Å²) in [4.78, 5) is 15.1. The van der Waals surface area contributed by atoms with E-state index in [1.165, 1.54) is 12.3 Å². The van der Waals surface area contributed by atoms with Crippen molar-refractivity contribution in [3.63, 3.8) is 0 Å². The number of carboxylic acid groups (broad SMARTS) is 1. The molecule has 2 aromatic rings. The van der Waals surface area contributed by atoms with Gasteiger partial charge in [-0.25, -0.2) is 4.79 Å². The van der Waals surface area contributed by atoms with Crippen molar-refractivity contribution in [3.05, 3.63) is 47.7 Å². The minimum atomic E-state index is -0.967. The molecule has 0 aliphatic carbocycles. The van der Waals surface area contributed by atoms with Gasteiger partial charge in [-0.05, 0) is 31.2 Å². The number of aromatic nitrogens is 1. The first-order valence-electron chi connectivity index (χ1n) is 5.46. The topological polar surface area (TPSA) is 59.4 Å². The highest BCUT2D eigenvalue weighted by Crippen LogP contribution is 2.29. The van der Waals surface area contributed by atoms with Gasteiger partial charge >= 0.3 is 5.97 Å². The van der Waals surface area contributed by atoms with Gasteiger partial charge in [-0.1, -0.05) is 11.6 Å². The fraction of sp³-hybridized carbons (Fsp3) is 0.143. The van der Waals surface area contributed by atoms with Crippen LogP contribution in [0.25, 0.3) is 11.3 Å². The van der Waals surface area contributed by atoms with Gasteiger partial charge in [-0.2, -0.15) is 0 Å². The van der Waals surface area contributed by atoms with Crippen LogP contribution in [0.5, 0.6) is 5.75 Å². The fourth-order valence-electron chi connectivity index (χ4n) is 1.73. The lowest BCUT2D eigenvalue weighted by Crippen LogP contribution is -1.98. The zero-order valence-electron chi connectivity index (χ0n) is 10.2. The van der Waals surface area contributed by atoms with E-state index < -0.39 is 5.97 Å². The van der Waals surface area contributed by atoms with Crippen molar-refractivity contribution in [2.24, 2.45) is 0 Å². The number of methoxy groups -OCH3 is 1. The zero-order valence-corrected chi connectivity index (χ0v) is 10.2. The van der Waals surface area contributed by atoms with Crippen LogP contribution in [0, 0.1) is 6.92 Å². The number of benzene rings is 1. The molecule has 4 nitrogen and oxygen atoms in total. The Kier molecular flexibility index (Phi) is 3.28. The van der Waals surface area contributed by atoms with Gasteiger partial charge in [-0.15, -0.1) is 0 Å². The molecule has 0 spiro atoms. The van der Waals surface area contributed by atoms with Crippen LogP contribution in [0.3, 0.4) is 0 Å². The maximum absolute atomic E-state index is 10.9. The number of hydrogen-bond donors (Lipinski definition) is 1. The Labute approximate surface area is 105 Å². The molecule has 0 fully saturated rings. The Hall–Kier alpha value is -2.36. The van der Waals surface area contributed by atoms with Crippen molar-refractivity contribution in [2.75, 3.05) is 7.11 Å². The summed E-state index contributed by atoms with van der Waals surface area (Å²) in [5.74, 6) is -0.291.